The Morgan fingerprint density at radius 2 is 2.10 bits per heavy atom. The topological polar surface area (TPSA) is 94.5 Å². The quantitative estimate of drug-likeness (QED) is 0.366. The highest BCUT2D eigenvalue weighted by Crippen LogP contribution is 2.36. The zero-order valence-corrected chi connectivity index (χ0v) is 18.1. The molecule has 3 heterocycles. The third-order valence-corrected chi connectivity index (χ3v) is 5.94. The summed E-state index contributed by atoms with van der Waals surface area (Å²) in [5.74, 6) is 2.12. The van der Waals surface area contributed by atoms with Gasteiger partial charge in [-0.25, -0.2) is 4.98 Å². The van der Waals surface area contributed by atoms with Crippen molar-refractivity contribution in [2.75, 3.05) is 12.0 Å². The van der Waals surface area contributed by atoms with Gasteiger partial charge in [0.05, 0.1) is 30.3 Å². The van der Waals surface area contributed by atoms with E-state index < -0.39 is 0 Å². The summed E-state index contributed by atoms with van der Waals surface area (Å²) in [5.41, 5.74) is 2.23. The fourth-order valence-corrected chi connectivity index (χ4v) is 4.45. The number of benzene rings is 1. The Morgan fingerprint density at radius 1 is 1.27 bits per heavy atom. The lowest BCUT2D eigenvalue weighted by molar-refractivity contribution is -0.115. The van der Waals surface area contributed by atoms with Crippen LogP contribution in [-0.2, 0) is 10.5 Å². The smallest absolute Gasteiger partial charge is 0.277 e. The molecule has 0 aliphatic heterocycles. The Hall–Kier alpha value is -3.11. The number of methoxy groups -OCH3 is 1. The van der Waals surface area contributed by atoms with Crippen LogP contribution in [-0.4, -0.2) is 28.2 Å². The maximum absolute atomic E-state index is 12.3. The normalized spacial score (nSPS) is 10.9. The zero-order valence-electron chi connectivity index (χ0n) is 16.5. The molecule has 0 saturated heterocycles. The summed E-state index contributed by atoms with van der Waals surface area (Å²) in [4.78, 5) is 18.5. The van der Waals surface area contributed by atoms with Crippen molar-refractivity contribution in [1.29, 1.82) is 0 Å². The van der Waals surface area contributed by atoms with E-state index in [1.165, 1.54) is 30.0 Å². The number of para-hydroxylation sites is 2. The van der Waals surface area contributed by atoms with E-state index in [0.29, 0.717) is 33.4 Å². The summed E-state index contributed by atoms with van der Waals surface area (Å²) < 4.78 is 16.4. The second-order valence-electron chi connectivity index (χ2n) is 6.20. The molecule has 0 unspecified atom stereocenters. The number of amides is 1. The number of thioether (sulfide) groups is 1. The van der Waals surface area contributed by atoms with E-state index in [1.54, 1.807) is 24.3 Å². The molecule has 0 atom stereocenters. The van der Waals surface area contributed by atoms with Gasteiger partial charge in [0.15, 0.2) is 5.13 Å². The minimum atomic E-state index is -0.148. The number of nitrogens with zero attached hydrogens (tertiary/aromatic N) is 4. The summed E-state index contributed by atoms with van der Waals surface area (Å²) in [7, 11) is 1.57. The predicted octanol–water partition coefficient (Wildman–Crippen LogP) is 5.08. The Kier molecular flexibility index (Phi) is 5.86. The van der Waals surface area contributed by atoms with Crippen LogP contribution in [0, 0.1) is 6.92 Å². The second kappa shape index (κ2) is 8.72. The number of thiazole rings is 1. The fraction of sp³-hybridized carbons (Fsp3) is 0.200. The molecule has 4 rings (SSSR count). The van der Waals surface area contributed by atoms with Crippen molar-refractivity contribution < 1.29 is 18.4 Å². The average Bonchev–Trinajstić information content (AvgIpc) is 3.48. The summed E-state index contributed by atoms with van der Waals surface area (Å²) in [6.45, 7) is 3.34. The van der Waals surface area contributed by atoms with Gasteiger partial charge in [-0.3, -0.25) is 9.69 Å². The number of aryl methyl sites for hydroxylation is 1. The number of furan rings is 1. The van der Waals surface area contributed by atoms with Gasteiger partial charge < -0.3 is 13.6 Å². The highest BCUT2D eigenvalue weighted by atomic mass is 32.2. The predicted molar refractivity (Wildman–Crippen MR) is 114 cm³/mol. The van der Waals surface area contributed by atoms with Crippen LogP contribution in [0.3, 0.4) is 0 Å². The Balaban J connectivity index is 1.49. The van der Waals surface area contributed by atoms with Gasteiger partial charge in [0.2, 0.25) is 5.91 Å². The van der Waals surface area contributed by atoms with E-state index in [0.717, 1.165) is 17.0 Å². The van der Waals surface area contributed by atoms with Gasteiger partial charge in [-0.1, -0.05) is 23.9 Å². The average molecular weight is 443 g/mol. The molecule has 0 bridgehead atoms. The second-order valence-corrected chi connectivity index (χ2v) is 7.96. The third kappa shape index (κ3) is 4.10. The summed E-state index contributed by atoms with van der Waals surface area (Å²) in [6, 6.07) is 9.14. The van der Waals surface area contributed by atoms with E-state index in [9.17, 15) is 4.79 Å². The minimum absolute atomic E-state index is 0.148. The molecule has 0 spiro atoms. The number of hydrogen-bond donors (Lipinski definition) is 0. The highest BCUT2D eigenvalue weighted by molar-refractivity contribution is 7.98. The standard InChI is InChI=1S/C20H18N4O4S2/c1-12-15(8-9-27-12)18-22-23-20(28-18)30-11-14-10-29-19(21-14)24(13(2)25)16-6-4-5-7-17(16)26-3/h4-10H,11H2,1-3H3. The van der Waals surface area contributed by atoms with Crippen molar-refractivity contribution in [3.8, 4) is 17.2 Å². The molecule has 1 aromatic carbocycles. The summed E-state index contributed by atoms with van der Waals surface area (Å²) >= 11 is 2.77. The molecule has 8 nitrogen and oxygen atoms in total. The van der Waals surface area contributed by atoms with Crippen LogP contribution in [0.25, 0.3) is 11.5 Å². The molecule has 0 fully saturated rings. The molecule has 0 aliphatic rings. The van der Waals surface area contributed by atoms with Crippen molar-refractivity contribution in [2.45, 2.75) is 24.8 Å². The van der Waals surface area contributed by atoms with Crippen molar-refractivity contribution in [3.63, 3.8) is 0 Å². The number of anilines is 2. The molecule has 1 amide bonds. The first-order chi connectivity index (χ1) is 14.6. The van der Waals surface area contributed by atoms with Gasteiger partial charge in [0.1, 0.15) is 11.5 Å². The van der Waals surface area contributed by atoms with Crippen molar-refractivity contribution in [3.05, 3.63) is 53.4 Å². The zero-order chi connectivity index (χ0) is 21.1. The van der Waals surface area contributed by atoms with Crippen molar-refractivity contribution >= 4 is 39.8 Å². The first kappa shape index (κ1) is 20.2. The van der Waals surface area contributed by atoms with Crippen LogP contribution in [0.5, 0.6) is 5.75 Å². The first-order valence-electron chi connectivity index (χ1n) is 8.95. The number of hydrogen-bond acceptors (Lipinski definition) is 9. The maximum Gasteiger partial charge on any atom is 0.277 e. The molecule has 4 aromatic rings. The van der Waals surface area contributed by atoms with Crippen LogP contribution in [0.2, 0.25) is 0 Å². The Bertz CT molecular complexity index is 1170. The van der Waals surface area contributed by atoms with Gasteiger partial charge >= 0.3 is 0 Å². The maximum atomic E-state index is 12.3. The largest absolute Gasteiger partial charge is 0.495 e. The molecule has 30 heavy (non-hydrogen) atoms. The Morgan fingerprint density at radius 3 is 2.83 bits per heavy atom. The number of rotatable bonds is 7. The van der Waals surface area contributed by atoms with Crippen molar-refractivity contribution in [2.24, 2.45) is 0 Å². The molecule has 0 radical (unpaired) electrons. The Labute approximate surface area is 180 Å². The molecule has 0 saturated carbocycles. The van der Waals surface area contributed by atoms with Crippen molar-refractivity contribution in [1.82, 2.24) is 15.2 Å². The van der Waals surface area contributed by atoms with Gasteiger partial charge in [-0.2, -0.15) is 0 Å². The lowest BCUT2D eigenvalue weighted by Gasteiger charge is -2.20. The molecule has 154 valence electrons. The number of carbonyl (C=O) groups is 1. The SMILES string of the molecule is COc1ccccc1N(C(C)=O)c1nc(CSc2nnc(-c3ccoc3C)o2)cs1. The highest BCUT2D eigenvalue weighted by Gasteiger charge is 2.21. The van der Waals surface area contributed by atoms with E-state index in [1.807, 2.05) is 36.6 Å². The third-order valence-electron chi connectivity index (χ3n) is 4.21. The lowest BCUT2D eigenvalue weighted by Crippen LogP contribution is -2.23. The summed E-state index contributed by atoms with van der Waals surface area (Å²) in [5, 5.41) is 11.1. The van der Waals surface area contributed by atoms with Gasteiger partial charge in [0.25, 0.3) is 11.1 Å². The van der Waals surface area contributed by atoms with Crippen LogP contribution >= 0.6 is 23.1 Å². The molecule has 10 heteroatoms. The molecule has 3 aromatic heterocycles. The molecule has 0 N–H and O–H groups in total. The van der Waals surface area contributed by atoms with Gasteiger partial charge in [-0.15, -0.1) is 21.5 Å². The molecule has 0 aliphatic carbocycles. The first-order valence-corrected chi connectivity index (χ1v) is 10.8. The van der Waals surface area contributed by atoms with Crippen LogP contribution in [0.15, 0.2) is 56.0 Å². The number of carbonyl (C=O) groups excluding carboxylic acids is 1. The number of ether oxygens (including phenoxy) is 1. The number of aromatic nitrogens is 3. The summed E-state index contributed by atoms with van der Waals surface area (Å²) in [6.07, 6.45) is 1.58. The fourth-order valence-electron chi connectivity index (χ4n) is 2.81. The van der Waals surface area contributed by atoms with E-state index >= 15 is 0 Å². The molecular weight excluding hydrogens is 424 g/mol. The van der Waals surface area contributed by atoms with Gasteiger partial charge in [-0.05, 0) is 25.1 Å². The van der Waals surface area contributed by atoms with Gasteiger partial charge in [0, 0.05) is 18.1 Å². The van der Waals surface area contributed by atoms with E-state index in [2.05, 4.69) is 15.2 Å². The van der Waals surface area contributed by atoms with E-state index in [4.69, 9.17) is 13.6 Å². The van der Waals surface area contributed by atoms with Crippen LogP contribution in [0.1, 0.15) is 18.4 Å². The monoisotopic (exact) mass is 442 g/mol. The van der Waals surface area contributed by atoms with Crippen LogP contribution in [0.4, 0.5) is 10.8 Å². The lowest BCUT2D eigenvalue weighted by atomic mass is 10.2. The van der Waals surface area contributed by atoms with E-state index in [-0.39, 0.29) is 5.91 Å². The molecular formula is C20H18N4O4S2. The van der Waals surface area contributed by atoms with Crippen LogP contribution < -0.4 is 9.64 Å². The minimum Gasteiger partial charge on any atom is -0.495 e.